The van der Waals surface area contributed by atoms with Crippen molar-refractivity contribution in [1.82, 2.24) is 4.57 Å². The van der Waals surface area contributed by atoms with E-state index in [2.05, 4.69) is 0 Å². The highest BCUT2D eigenvalue weighted by atomic mass is 19.3. The number of pyridine rings is 1. The second-order valence-corrected chi connectivity index (χ2v) is 9.31. The van der Waals surface area contributed by atoms with Crippen LogP contribution in [0.2, 0.25) is 0 Å². The molecule has 3 aliphatic rings. The second kappa shape index (κ2) is 6.88. The number of carbonyl (C=O) groups is 1. The fourth-order valence-corrected chi connectivity index (χ4v) is 4.84. The molecule has 1 aromatic carbocycles. The first-order chi connectivity index (χ1) is 14.7. The van der Waals surface area contributed by atoms with Crippen molar-refractivity contribution in [2.75, 3.05) is 19.8 Å². The van der Waals surface area contributed by atoms with Crippen molar-refractivity contribution in [1.29, 1.82) is 0 Å². The molecule has 8 heteroatoms. The smallest absolute Gasteiger partial charge is 0.341 e. The lowest BCUT2D eigenvalue weighted by atomic mass is 9.69. The van der Waals surface area contributed by atoms with E-state index in [0.29, 0.717) is 30.9 Å². The van der Waals surface area contributed by atoms with Gasteiger partial charge < -0.3 is 19.1 Å². The highest BCUT2D eigenvalue weighted by Crippen LogP contribution is 2.50. The molecule has 0 bridgehead atoms. The molecule has 2 aliphatic heterocycles. The molecule has 1 saturated carbocycles. The van der Waals surface area contributed by atoms with Crippen molar-refractivity contribution in [3.63, 3.8) is 0 Å². The second-order valence-electron chi connectivity index (χ2n) is 9.31. The van der Waals surface area contributed by atoms with Gasteiger partial charge in [-0.2, -0.15) is 0 Å². The van der Waals surface area contributed by atoms with Crippen molar-refractivity contribution in [2.24, 2.45) is 5.41 Å². The molecule has 1 saturated heterocycles. The Hall–Kier alpha value is -2.74. The number of benzene rings is 1. The normalized spacial score (nSPS) is 19.9. The van der Waals surface area contributed by atoms with E-state index in [-0.39, 0.29) is 34.4 Å². The van der Waals surface area contributed by atoms with Crippen molar-refractivity contribution in [3.8, 4) is 17.0 Å². The first-order valence-electron chi connectivity index (χ1n) is 10.4. The Bertz CT molecular complexity index is 1130. The summed E-state index contributed by atoms with van der Waals surface area (Å²) in [6.07, 6.45) is 1.88. The predicted octanol–water partition coefficient (Wildman–Crippen LogP) is 4.00. The van der Waals surface area contributed by atoms with E-state index in [1.54, 1.807) is 6.07 Å². The van der Waals surface area contributed by atoms with E-state index in [0.717, 1.165) is 24.8 Å². The molecule has 164 valence electrons. The number of aromatic carboxylic acids is 1. The lowest BCUT2D eigenvalue weighted by Crippen LogP contribution is -2.46. The minimum Gasteiger partial charge on any atom is -0.492 e. The molecule has 6 nitrogen and oxygen atoms in total. The summed E-state index contributed by atoms with van der Waals surface area (Å²) < 4.78 is 40.7. The molecule has 1 aliphatic carbocycles. The molecule has 0 amide bonds. The standard InChI is InChI=1S/C23H23F2NO5/c1-22(10-30-11-22)12-31-19-5-13-8-23(3-2-4-23)26-9-16(21(28)29)18(27)7-17(26)14(13)6-15(19)20(24)25/h5-7,9,20H,2-4,8,10-12H2,1H3,(H,28,29). The molecule has 31 heavy (non-hydrogen) atoms. The van der Waals surface area contributed by atoms with Crippen LogP contribution < -0.4 is 10.2 Å². The summed E-state index contributed by atoms with van der Waals surface area (Å²) in [5.41, 5.74) is 0.192. The van der Waals surface area contributed by atoms with Gasteiger partial charge in [0.2, 0.25) is 0 Å². The van der Waals surface area contributed by atoms with Crippen molar-refractivity contribution in [2.45, 2.75) is 44.6 Å². The summed E-state index contributed by atoms with van der Waals surface area (Å²) in [5.74, 6) is -1.12. The van der Waals surface area contributed by atoms with Crippen molar-refractivity contribution < 1.29 is 28.2 Å². The molecule has 0 unspecified atom stereocenters. The molecule has 2 aromatic rings. The van der Waals surface area contributed by atoms with Crippen LogP contribution >= 0.6 is 0 Å². The van der Waals surface area contributed by atoms with Crippen LogP contribution in [0.15, 0.2) is 29.2 Å². The molecule has 0 radical (unpaired) electrons. The lowest BCUT2D eigenvalue weighted by molar-refractivity contribution is -0.120. The maximum atomic E-state index is 13.9. The molecule has 1 spiro atoms. The summed E-state index contributed by atoms with van der Waals surface area (Å²) in [6, 6.07) is 4.34. The van der Waals surface area contributed by atoms with Gasteiger partial charge >= 0.3 is 5.97 Å². The minimum absolute atomic E-state index is 0.161. The van der Waals surface area contributed by atoms with Crippen LogP contribution in [0, 0.1) is 5.41 Å². The monoisotopic (exact) mass is 431 g/mol. The Morgan fingerprint density at radius 2 is 2.03 bits per heavy atom. The van der Waals surface area contributed by atoms with E-state index < -0.39 is 17.8 Å². The van der Waals surface area contributed by atoms with Gasteiger partial charge in [0, 0.05) is 28.8 Å². The SMILES string of the molecule is CC1(COc2cc3c(cc2C(F)F)-c2cc(=O)c(C(=O)O)cn2C2(CCC2)C3)COC1. The Morgan fingerprint density at radius 3 is 2.58 bits per heavy atom. The fraction of sp³-hybridized carbons (Fsp3) is 0.478. The Labute approximate surface area is 177 Å². The summed E-state index contributed by atoms with van der Waals surface area (Å²) >= 11 is 0. The third-order valence-corrected chi connectivity index (χ3v) is 6.82. The molecule has 1 aromatic heterocycles. The third kappa shape index (κ3) is 3.15. The number of carboxylic acid groups (broad SMARTS) is 1. The van der Waals surface area contributed by atoms with E-state index in [1.807, 2.05) is 11.5 Å². The lowest BCUT2D eigenvalue weighted by Gasteiger charge is -2.49. The van der Waals surface area contributed by atoms with Gasteiger partial charge in [0.15, 0.2) is 5.43 Å². The minimum atomic E-state index is -2.75. The average molecular weight is 431 g/mol. The van der Waals surface area contributed by atoms with Gasteiger partial charge in [0.1, 0.15) is 11.3 Å². The van der Waals surface area contributed by atoms with E-state index in [4.69, 9.17) is 9.47 Å². The summed E-state index contributed by atoms with van der Waals surface area (Å²) in [6.45, 7) is 3.35. The number of hydrogen-bond acceptors (Lipinski definition) is 4. The summed E-state index contributed by atoms with van der Waals surface area (Å²) in [5, 5.41) is 9.39. The number of halogens is 2. The van der Waals surface area contributed by atoms with Gasteiger partial charge in [-0.1, -0.05) is 6.92 Å². The number of alkyl halides is 2. The van der Waals surface area contributed by atoms with Gasteiger partial charge in [-0.15, -0.1) is 0 Å². The van der Waals surface area contributed by atoms with Crippen LogP contribution in [0.5, 0.6) is 5.75 Å². The van der Waals surface area contributed by atoms with Crippen LogP contribution in [0.1, 0.15) is 54.1 Å². The average Bonchev–Trinajstić information content (AvgIpc) is 2.67. The number of nitrogens with zero attached hydrogens (tertiary/aromatic N) is 1. The number of carboxylic acids is 1. The zero-order valence-corrected chi connectivity index (χ0v) is 17.1. The molecule has 0 atom stereocenters. The topological polar surface area (TPSA) is 77.8 Å². The number of rotatable bonds is 5. The zero-order chi connectivity index (χ0) is 22.0. The van der Waals surface area contributed by atoms with Crippen LogP contribution in [-0.2, 0) is 16.7 Å². The van der Waals surface area contributed by atoms with Crippen LogP contribution in [0.3, 0.4) is 0 Å². The molecule has 1 N–H and O–H groups in total. The van der Waals surface area contributed by atoms with Crippen molar-refractivity contribution in [3.05, 3.63) is 51.3 Å². The summed E-state index contributed by atoms with van der Waals surface area (Å²) in [7, 11) is 0. The molecular formula is C23H23F2NO5. The van der Waals surface area contributed by atoms with Crippen LogP contribution in [0.4, 0.5) is 8.78 Å². The highest BCUT2D eigenvalue weighted by Gasteiger charge is 2.44. The van der Waals surface area contributed by atoms with Crippen molar-refractivity contribution >= 4 is 5.97 Å². The van der Waals surface area contributed by atoms with Gasteiger partial charge in [-0.05, 0) is 43.4 Å². The Kier molecular flexibility index (Phi) is 4.48. The largest absolute Gasteiger partial charge is 0.492 e. The summed E-state index contributed by atoms with van der Waals surface area (Å²) in [4.78, 5) is 23.9. The number of ether oxygens (including phenoxy) is 2. The quantitative estimate of drug-likeness (QED) is 0.774. The molecule has 3 heterocycles. The fourth-order valence-electron chi connectivity index (χ4n) is 4.84. The van der Waals surface area contributed by atoms with Gasteiger partial charge in [-0.3, -0.25) is 4.79 Å². The number of aromatic nitrogens is 1. The Balaban J connectivity index is 1.63. The maximum absolute atomic E-state index is 13.9. The first-order valence-corrected chi connectivity index (χ1v) is 10.4. The molecular weight excluding hydrogens is 408 g/mol. The zero-order valence-electron chi connectivity index (χ0n) is 17.1. The number of fused-ring (bicyclic) bond motifs is 4. The predicted molar refractivity (Wildman–Crippen MR) is 108 cm³/mol. The first kappa shape index (κ1) is 20.2. The maximum Gasteiger partial charge on any atom is 0.341 e. The molecule has 2 fully saturated rings. The van der Waals surface area contributed by atoms with E-state index >= 15 is 0 Å². The van der Waals surface area contributed by atoms with Crippen LogP contribution in [-0.4, -0.2) is 35.5 Å². The third-order valence-electron chi connectivity index (χ3n) is 6.82. The van der Waals surface area contributed by atoms with Gasteiger partial charge in [0.25, 0.3) is 6.43 Å². The highest BCUT2D eigenvalue weighted by molar-refractivity contribution is 5.88. The van der Waals surface area contributed by atoms with E-state index in [9.17, 15) is 23.5 Å². The van der Waals surface area contributed by atoms with Gasteiger partial charge in [-0.25, -0.2) is 13.6 Å². The molecule has 5 rings (SSSR count). The van der Waals surface area contributed by atoms with Crippen LogP contribution in [0.25, 0.3) is 11.3 Å². The van der Waals surface area contributed by atoms with Gasteiger partial charge in [0.05, 0.1) is 31.1 Å². The number of hydrogen-bond donors (Lipinski definition) is 1. The Morgan fingerprint density at radius 1 is 1.29 bits per heavy atom. The van der Waals surface area contributed by atoms with E-state index in [1.165, 1.54) is 18.3 Å².